The van der Waals surface area contributed by atoms with Gasteiger partial charge >= 0.3 is 0 Å². The number of hydrazone groups is 1. The highest BCUT2D eigenvalue weighted by atomic mass is 19.1. The highest BCUT2D eigenvalue weighted by molar-refractivity contribution is 6.03. The van der Waals surface area contributed by atoms with E-state index < -0.39 is 0 Å². The molecule has 3 aliphatic heterocycles. The van der Waals surface area contributed by atoms with Gasteiger partial charge < -0.3 is 14.4 Å². The Morgan fingerprint density at radius 1 is 1.10 bits per heavy atom. The summed E-state index contributed by atoms with van der Waals surface area (Å²) < 4.78 is 24.8. The van der Waals surface area contributed by atoms with Crippen LogP contribution in [0.3, 0.4) is 0 Å². The smallest absolute Gasteiger partial charge is 0.257 e. The van der Waals surface area contributed by atoms with Gasteiger partial charge in [-0.25, -0.2) is 9.40 Å². The summed E-state index contributed by atoms with van der Waals surface area (Å²) in [6, 6.07) is 11.8. The van der Waals surface area contributed by atoms with Crippen LogP contribution in [0.1, 0.15) is 23.6 Å². The topological polar surface area (TPSA) is 57.6 Å². The molecule has 1 unspecified atom stereocenters. The molecular weight excluding hydrogens is 399 g/mol. The van der Waals surface area contributed by atoms with Crippen LogP contribution in [-0.2, 0) is 4.79 Å². The Morgan fingerprint density at radius 3 is 2.71 bits per heavy atom. The van der Waals surface area contributed by atoms with Crippen molar-refractivity contribution in [3.63, 3.8) is 0 Å². The number of piperazine rings is 1. The lowest BCUT2D eigenvalue weighted by Gasteiger charge is -2.33. The van der Waals surface area contributed by atoms with Gasteiger partial charge in [-0.2, -0.15) is 5.10 Å². The molecule has 7 nitrogen and oxygen atoms in total. The molecule has 3 heterocycles. The molecule has 0 aliphatic carbocycles. The molecule has 0 radical (unpaired) electrons. The minimum atomic E-state index is -0.318. The number of hydrogen-bond donors (Lipinski definition) is 0. The minimum absolute atomic E-state index is 0.0568. The Hall–Kier alpha value is -2.97. The van der Waals surface area contributed by atoms with E-state index in [9.17, 15) is 9.18 Å². The molecule has 1 saturated heterocycles. The van der Waals surface area contributed by atoms with Crippen molar-refractivity contribution in [1.82, 2.24) is 14.8 Å². The minimum Gasteiger partial charge on any atom is -0.454 e. The molecule has 3 aliphatic rings. The maximum atomic E-state index is 13.8. The average molecular weight is 424 g/mol. The van der Waals surface area contributed by atoms with E-state index in [1.165, 1.54) is 12.1 Å². The number of rotatable bonds is 4. The second kappa shape index (κ2) is 8.28. The standard InChI is InChI=1S/C23H25FN4O3/c1-26-7-9-27(10-8-26)14-23(29)28-20(17-5-6-21-22(12-17)31-15-30-21)13-19(25-28)16-3-2-4-18(24)11-16/h2-6,11-12,20H,7-10,13-15H2,1H3. The van der Waals surface area contributed by atoms with Crippen LogP contribution in [0.25, 0.3) is 0 Å². The number of carbonyl (C=O) groups excluding carboxylic acids is 1. The molecule has 31 heavy (non-hydrogen) atoms. The lowest BCUT2D eigenvalue weighted by Crippen LogP contribution is -2.48. The van der Waals surface area contributed by atoms with Crippen LogP contribution in [-0.4, -0.2) is 73.0 Å². The number of halogens is 1. The molecule has 5 rings (SSSR count). The van der Waals surface area contributed by atoms with Crippen molar-refractivity contribution < 1.29 is 18.7 Å². The molecule has 0 aromatic heterocycles. The summed E-state index contributed by atoms with van der Waals surface area (Å²) in [5.74, 6) is 0.993. The third-order valence-electron chi connectivity index (χ3n) is 6.06. The maximum Gasteiger partial charge on any atom is 0.257 e. The van der Waals surface area contributed by atoms with Crippen molar-refractivity contribution in [3.05, 3.63) is 59.4 Å². The molecular formula is C23H25FN4O3. The van der Waals surface area contributed by atoms with Gasteiger partial charge in [-0.05, 0) is 36.9 Å². The zero-order valence-electron chi connectivity index (χ0n) is 17.5. The third-order valence-corrected chi connectivity index (χ3v) is 6.06. The molecule has 0 saturated carbocycles. The molecule has 2 aromatic rings. The predicted octanol–water partition coefficient (Wildman–Crippen LogP) is 2.48. The number of ether oxygens (including phenoxy) is 2. The van der Waals surface area contributed by atoms with E-state index in [1.807, 2.05) is 24.3 Å². The highest BCUT2D eigenvalue weighted by Crippen LogP contribution is 2.39. The highest BCUT2D eigenvalue weighted by Gasteiger charge is 2.35. The molecule has 0 spiro atoms. The Bertz CT molecular complexity index is 1020. The SMILES string of the molecule is CN1CCN(CC(=O)N2N=C(c3cccc(F)c3)CC2c2ccc3c(c2)OCO3)CC1. The molecule has 162 valence electrons. The van der Waals surface area contributed by atoms with E-state index in [0.29, 0.717) is 35.7 Å². The van der Waals surface area contributed by atoms with Crippen LogP contribution in [0.5, 0.6) is 11.5 Å². The van der Waals surface area contributed by atoms with Crippen molar-refractivity contribution in [1.29, 1.82) is 0 Å². The Morgan fingerprint density at radius 2 is 1.90 bits per heavy atom. The molecule has 2 aromatic carbocycles. The largest absolute Gasteiger partial charge is 0.454 e. The van der Waals surface area contributed by atoms with Crippen LogP contribution in [0.4, 0.5) is 4.39 Å². The van der Waals surface area contributed by atoms with Crippen molar-refractivity contribution in [2.45, 2.75) is 12.5 Å². The normalized spacial score (nSPS) is 21.4. The Balaban J connectivity index is 1.42. The van der Waals surface area contributed by atoms with Gasteiger partial charge in [0.15, 0.2) is 11.5 Å². The Labute approximate surface area is 180 Å². The van der Waals surface area contributed by atoms with Crippen LogP contribution in [0.15, 0.2) is 47.6 Å². The zero-order valence-corrected chi connectivity index (χ0v) is 17.5. The van der Waals surface area contributed by atoms with Crippen molar-refractivity contribution >= 4 is 11.6 Å². The Kier molecular flexibility index (Phi) is 5.33. The first-order chi connectivity index (χ1) is 15.1. The fraction of sp³-hybridized carbons (Fsp3) is 0.391. The number of hydrogen-bond acceptors (Lipinski definition) is 6. The number of fused-ring (bicyclic) bond motifs is 1. The van der Waals surface area contributed by atoms with E-state index in [1.54, 1.807) is 11.1 Å². The van der Waals surface area contributed by atoms with Crippen molar-refractivity contribution in [3.8, 4) is 11.5 Å². The number of nitrogens with zero attached hydrogens (tertiary/aromatic N) is 4. The van der Waals surface area contributed by atoms with Gasteiger partial charge in [0.2, 0.25) is 6.79 Å². The molecule has 1 fully saturated rings. The number of likely N-dealkylation sites (N-methyl/N-ethyl adjacent to an activating group) is 1. The van der Waals surface area contributed by atoms with E-state index in [0.717, 1.165) is 31.7 Å². The van der Waals surface area contributed by atoms with Crippen molar-refractivity contribution in [2.75, 3.05) is 46.6 Å². The van der Waals surface area contributed by atoms with Gasteiger partial charge in [0.25, 0.3) is 5.91 Å². The predicted molar refractivity (Wildman–Crippen MR) is 114 cm³/mol. The fourth-order valence-corrected chi connectivity index (χ4v) is 4.23. The molecule has 0 N–H and O–H groups in total. The fourth-order valence-electron chi connectivity index (χ4n) is 4.23. The first-order valence-electron chi connectivity index (χ1n) is 10.5. The first-order valence-corrected chi connectivity index (χ1v) is 10.5. The van der Waals surface area contributed by atoms with E-state index in [-0.39, 0.29) is 24.6 Å². The summed E-state index contributed by atoms with van der Waals surface area (Å²) >= 11 is 0. The third kappa shape index (κ3) is 4.13. The van der Waals surface area contributed by atoms with Crippen LogP contribution >= 0.6 is 0 Å². The van der Waals surface area contributed by atoms with Gasteiger partial charge in [0, 0.05) is 38.2 Å². The molecule has 8 heteroatoms. The summed E-state index contributed by atoms with van der Waals surface area (Å²) in [5, 5.41) is 6.22. The van der Waals surface area contributed by atoms with Gasteiger partial charge in [-0.15, -0.1) is 0 Å². The zero-order chi connectivity index (χ0) is 21.4. The monoisotopic (exact) mass is 424 g/mol. The van der Waals surface area contributed by atoms with Gasteiger partial charge in [0.05, 0.1) is 18.3 Å². The number of carbonyl (C=O) groups is 1. The van der Waals surface area contributed by atoms with Gasteiger partial charge in [0.1, 0.15) is 5.82 Å². The van der Waals surface area contributed by atoms with E-state index >= 15 is 0 Å². The van der Waals surface area contributed by atoms with E-state index in [2.05, 4.69) is 21.9 Å². The molecule has 0 bridgehead atoms. The van der Waals surface area contributed by atoms with Gasteiger partial charge in [-0.3, -0.25) is 9.69 Å². The number of amides is 1. The summed E-state index contributed by atoms with van der Waals surface area (Å²) in [5.41, 5.74) is 2.32. The maximum absolute atomic E-state index is 13.8. The second-order valence-corrected chi connectivity index (χ2v) is 8.21. The van der Waals surface area contributed by atoms with Crippen LogP contribution in [0.2, 0.25) is 0 Å². The average Bonchev–Trinajstić information content (AvgIpc) is 3.42. The second-order valence-electron chi connectivity index (χ2n) is 8.21. The summed E-state index contributed by atoms with van der Waals surface area (Å²) in [4.78, 5) is 17.7. The van der Waals surface area contributed by atoms with Gasteiger partial charge in [-0.1, -0.05) is 18.2 Å². The lowest BCUT2D eigenvalue weighted by atomic mass is 9.98. The lowest BCUT2D eigenvalue weighted by molar-refractivity contribution is -0.134. The molecule has 1 amide bonds. The van der Waals surface area contributed by atoms with E-state index in [4.69, 9.17) is 9.47 Å². The first kappa shape index (κ1) is 20.0. The summed E-state index contributed by atoms with van der Waals surface area (Å²) in [7, 11) is 2.09. The summed E-state index contributed by atoms with van der Waals surface area (Å²) in [6.45, 7) is 4.10. The van der Waals surface area contributed by atoms with Crippen LogP contribution in [0, 0.1) is 5.82 Å². The van der Waals surface area contributed by atoms with Crippen molar-refractivity contribution in [2.24, 2.45) is 5.10 Å². The number of benzene rings is 2. The van der Waals surface area contributed by atoms with Crippen LogP contribution < -0.4 is 9.47 Å². The quantitative estimate of drug-likeness (QED) is 0.755. The molecule has 1 atom stereocenters. The summed E-state index contributed by atoms with van der Waals surface area (Å²) in [6.07, 6.45) is 0.511.